The summed E-state index contributed by atoms with van der Waals surface area (Å²) in [6, 6.07) is -0.739. The molecule has 0 amide bonds. The SMILES string of the molecule is COCCn1c(N)c(NC(CO)CO)c(=O)[nH]c1=O. The molecule has 0 saturated carbocycles. The van der Waals surface area contributed by atoms with E-state index in [1.807, 2.05) is 0 Å². The highest BCUT2D eigenvalue weighted by molar-refractivity contribution is 5.60. The largest absolute Gasteiger partial charge is 0.394 e. The van der Waals surface area contributed by atoms with Gasteiger partial charge >= 0.3 is 5.69 Å². The van der Waals surface area contributed by atoms with Crippen LogP contribution >= 0.6 is 0 Å². The first-order valence-electron chi connectivity index (χ1n) is 5.64. The Morgan fingerprint density at radius 3 is 2.58 bits per heavy atom. The normalized spacial score (nSPS) is 10.9. The lowest BCUT2D eigenvalue weighted by atomic mass is 10.3. The first-order valence-corrected chi connectivity index (χ1v) is 5.64. The quantitative estimate of drug-likeness (QED) is 0.371. The lowest BCUT2D eigenvalue weighted by molar-refractivity contribution is 0.186. The van der Waals surface area contributed by atoms with Crippen molar-refractivity contribution in [2.45, 2.75) is 12.6 Å². The molecule has 0 unspecified atom stereocenters. The Kier molecular flexibility index (Phi) is 5.55. The molecule has 108 valence electrons. The van der Waals surface area contributed by atoms with Crippen LogP contribution in [0.2, 0.25) is 0 Å². The number of anilines is 2. The Labute approximate surface area is 108 Å². The molecule has 0 aliphatic heterocycles. The second-order valence-electron chi connectivity index (χ2n) is 3.87. The maximum atomic E-state index is 11.6. The molecule has 1 aromatic heterocycles. The van der Waals surface area contributed by atoms with Crippen LogP contribution in [0.25, 0.3) is 0 Å². The van der Waals surface area contributed by atoms with Crippen LogP contribution in [0.1, 0.15) is 0 Å². The van der Waals surface area contributed by atoms with Crippen molar-refractivity contribution in [1.82, 2.24) is 9.55 Å². The van der Waals surface area contributed by atoms with E-state index in [1.54, 1.807) is 0 Å². The zero-order valence-corrected chi connectivity index (χ0v) is 10.5. The summed E-state index contributed by atoms with van der Waals surface area (Å²) in [4.78, 5) is 25.3. The Hall–Kier alpha value is -1.84. The standard InChI is InChI=1S/C10H18N4O5/c1-19-3-2-14-8(11)7(9(17)13-10(14)18)12-6(4-15)5-16/h6,12,15-16H,2-5,11H2,1H3,(H,13,17,18). The molecule has 0 aromatic carbocycles. The monoisotopic (exact) mass is 274 g/mol. The third-order valence-electron chi connectivity index (χ3n) is 2.55. The van der Waals surface area contributed by atoms with Gasteiger partial charge in [-0.3, -0.25) is 14.3 Å². The van der Waals surface area contributed by atoms with E-state index in [9.17, 15) is 9.59 Å². The number of ether oxygens (including phenoxy) is 1. The van der Waals surface area contributed by atoms with Gasteiger partial charge in [0.15, 0.2) is 0 Å². The van der Waals surface area contributed by atoms with Crippen LogP contribution in [0.4, 0.5) is 11.5 Å². The molecule has 19 heavy (non-hydrogen) atoms. The number of nitrogens with zero attached hydrogens (tertiary/aromatic N) is 1. The van der Waals surface area contributed by atoms with Crippen molar-refractivity contribution >= 4 is 11.5 Å². The van der Waals surface area contributed by atoms with Gasteiger partial charge in [-0.2, -0.15) is 0 Å². The smallest absolute Gasteiger partial charge is 0.330 e. The molecule has 0 aliphatic rings. The van der Waals surface area contributed by atoms with Crippen LogP contribution in [-0.4, -0.2) is 52.7 Å². The Morgan fingerprint density at radius 1 is 1.42 bits per heavy atom. The molecule has 0 bridgehead atoms. The molecular formula is C10H18N4O5. The van der Waals surface area contributed by atoms with Crippen LogP contribution < -0.4 is 22.3 Å². The Bertz CT molecular complexity index is 520. The van der Waals surface area contributed by atoms with E-state index in [0.717, 1.165) is 4.57 Å². The van der Waals surface area contributed by atoms with Crippen LogP contribution in [0, 0.1) is 0 Å². The molecule has 1 heterocycles. The second-order valence-corrected chi connectivity index (χ2v) is 3.87. The van der Waals surface area contributed by atoms with Gasteiger partial charge < -0.3 is 26.0 Å². The molecule has 6 N–H and O–H groups in total. The molecule has 0 saturated heterocycles. The number of methoxy groups -OCH3 is 1. The number of nitrogens with one attached hydrogen (secondary N) is 2. The molecule has 0 atom stereocenters. The predicted molar refractivity (Wildman–Crippen MR) is 69.2 cm³/mol. The summed E-state index contributed by atoms with van der Waals surface area (Å²) in [5.74, 6) is -0.0716. The second kappa shape index (κ2) is 6.92. The third kappa shape index (κ3) is 3.56. The summed E-state index contributed by atoms with van der Waals surface area (Å²) in [5.41, 5.74) is 4.33. The first kappa shape index (κ1) is 15.2. The van der Waals surface area contributed by atoms with Gasteiger partial charge in [-0.05, 0) is 0 Å². The minimum Gasteiger partial charge on any atom is -0.394 e. The number of aromatic nitrogens is 2. The summed E-state index contributed by atoms with van der Waals surface area (Å²) >= 11 is 0. The molecule has 9 heteroatoms. The summed E-state index contributed by atoms with van der Waals surface area (Å²) in [7, 11) is 1.47. The van der Waals surface area contributed by atoms with Crippen molar-refractivity contribution in [3.05, 3.63) is 20.8 Å². The topological polar surface area (TPSA) is 143 Å². The van der Waals surface area contributed by atoms with Crippen molar-refractivity contribution in [2.75, 3.05) is 38.0 Å². The molecule has 9 nitrogen and oxygen atoms in total. The molecule has 0 fully saturated rings. The number of aromatic amines is 1. The third-order valence-corrected chi connectivity index (χ3v) is 2.55. The summed E-state index contributed by atoms with van der Waals surface area (Å²) in [6.45, 7) is -0.340. The zero-order valence-electron chi connectivity index (χ0n) is 10.5. The molecule has 1 rings (SSSR count). The van der Waals surface area contributed by atoms with E-state index in [1.165, 1.54) is 7.11 Å². The van der Waals surface area contributed by atoms with Crippen molar-refractivity contribution in [3.8, 4) is 0 Å². The van der Waals surface area contributed by atoms with Gasteiger partial charge in [0.25, 0.3) is 5.56 Å². The average Bonchev–Trinajstić information content (AvgIpc) is 2.38. The van der Waals surface area contributed by atoms with E-state index in [0.29, 0.717) is 0 Å². The maximum Gasteiger partial charge on any atom is 0.330 e. The Balaban J connectivity index is 3.17. The lowest BCUT2D eigenvalue weighted by Crippen LogP contribution is -2.38. The van der Waals surface area contributed by atoms with E-state index in [4.69, 9.17) is 20.7 Å². The summed E-state index contributed by atoms with van der Waals surface area (Å²) in [5, 5.41) is 20.5. The molecule has 1 aromatic rings. The van der Waals surface area contributed by atoms with E-state index >= 15 is 0 Å². The van der Waals surface area contributed by atoms with E-state index in [2.05, 4.69) is 10.3 Å². The number of nitrogens with two attached hydrogens (primary N) is 1. The fourth-order valence-corrected chi connectivity index (χ4v) is 1.48. The van der Waals surface area contributed by atoms with Gasteiger partial charge in [-0.25, -0.2) is 4.79 Å². The minimum atomic E-state index is -0.739. The van der Waals surface area contributed by atoms with Gasteiger partial charge in [-0.1, -0.05) is 0 Å². The number of nitrogen functional groups attached to an aromatic ring is 1. The highest BCUT2D eigenvalue weighted by Crippen LogP contribution is 2.11. The fraction of sp³-hybridized carbons (Fsp3) is 0.600. The van der Waals surface area contributed by atoms with E-state index in [-0.39, 0.29) is 37.9 Å². The van der Waals surface area contributed by atoms with Gasteiger partial charge in [0.05, 0.1) is 32.4 Å². The minimum absolute atomic E-state index is 0.0659. The van der Waals surface area contributed by atoms with Gasteiger partial charge in [0.1, 0.15) is 11.5 Å². The number of hydrogen-bond donors (Lipinski definition) is 5. The van der Waals surface area contributed by atoms with Crippen LogP contribution in [0.5, 0.6) is 0 Å². The van der Waals surface area contributed by atoms with Crippen molar-refractivity contribution in [3.63, 3.8) is 0 Å². The number of hydrogen-bond acceptors (Lipinski definition) is 7. The van der Waals surface area contributed by atoms with Crippen LogP contribution in [0.3, 0.4) is 0 Å². The molecule has 0 radical (unpaired) electrons. The van der Waals surface area contributed by atoms with Crippen molar-refractivity contribution in [1.29, 1.82) is 0 Å². The maximum absolute atomic E-state index is 11.6. The average molecular weight is 274 g/mol. The summed E-state index contributed by atoms with van der Waals surface area (Å²) < 4.78 is 5.98. The predicted octanol–water partition coefficient (Wildman–Crippen LogP) is -2.47. The Morgan fingerprint density at radius 2 is 2.05 bits per heavy atom. The lowest BCUT2D eigenvalue weighted by Gasteiger charge is -2.17. The van der Waals surface area contributed by atoms with E-state index < -0.39 is 17.3 Å². The molecule has 0 spiro atoms. The van der Waals surface area contributed by atoms with Gasteiger partial charge in [-0.15, -0.1) is 0 Å². The van der Waals surface area contributed by atoms with Gasteiger partial charge in [0, 0.05) is 7.11 Å². The highest BCUT2D eigenvalue weighted by atomic mass is 16.5. The molecular weight excluding hydrogens is 256 g/mol. The fourth-order valence-electron chi connectivity index (χ4n) is 1.48. The van der Waals surface area contributed by atoms with Crippen LogP contribution in [-0.2, 0) is 11.3 Å². The number of aliphatic hydroxyl groups excluding tert-OH is 2. The van der Waals surface area contributed by atoms with Crippen molar-refractivity contribution in [2.24, 2.45) is 0 Å². The number of H-pyrrole nitrogens is 1. The number of rotatable bonds is 7. The highest BCUT2D eigenvalue weighted by Gasteiger charge is 2.15. The van der Waals surface area contributed by atoms with Crippen LogP contribution in [0.15, 0.2) is 9.59 Å². The molecule has 0 aliphatic carbocycles. The zero-order chi connectivity index (χ0) is 14.4. The van der Waals surface area contributed by atoms with Crippen molar-refractivity contribution < 1.29 is 14.9 Å². The summed E-state index contributed by atoms with van der Waals surface area (Å²) in [6.07, 6.45) is 0. The number of aliphatic hydroxyl groups is 2. The van der Waals surface area contributed by atoms with Gasteiger partial charge in [0.2, 0.25) is 0 Å². The first-order chi connectivity index (χ1) is 9.04.